The van der Waals surface area contributed by atoms with Gasteiger partial charge in [-0.15, -0.1) is 0 Å². The number of nitrogens with zero attached hydrogens (tertiary/aromatic N) is 2. The Hall–Kier alpha value is -4.24. The summed E-state index contributed by atoms with van der Waals surface area (Å²) in [6.07, 6.45) is 1.41. The second kappa shape index (κ2) is 11.1. The first kappa shape index (κ1) is 24.4. The van der Waals surface area contributed by atoms with Crippen molar-refractivity contribution in [3.05, 3.63) is 98.1 Å². The molecule has 0 unspecified atom stereocenters. The van der Waals surface area contributed by atoms with Crippen LogP contribution in [-0.2, 0) is 0 Å². The molecule has 0 radical (unpaired) electrons. The first-order chi connectivity index (χ1) is 16.3. The first-order valence-corrected chi connectivity index (χ1v) is 10.5. The third-order valence-electron chi connectivity index (χ3n) is 4.53. The van der Waals surface area contributed by atoms with Gasteiger partial charge in [-0.1, -0.05) is 17.7 Å². The zero-order valence-electron chi connectivity index (χ0n) is 18.3. The number of hydrazone groups is 1. The molecule has 174 valence electrons. The molecule has 0 aromatic heterocycles. The van der Waals surface area contributed by atoms with Crippen molar-refractivity contribution in [2.45, 2.75) is 13.8 Å². The van der Waals surface area contributed by atoms with Crippen molar-refractivity contribution in [3.8, 4) is 11.5 Å². The molecule has 0 heterocycles. The maximum absolute atomic E-state index is 12.4. The fourth-order valence-electron chi connectivity index (χ4n) is 2.87. The van der Waals surface area contributed by atoms with Crippen molar-refractivity contribution in [3.63, 3.8) is 0 Å². The lowest BCUT2D eigenvalue weighted by atomic mass is 10.1. The lowest BCUT2D eigenvalue weighted by molar-refractivity contribution is -0.384. The molecular formula is C24H20ClN3O6. The highest BCUT2D eigenvalue weighted by Gasteiger charge is 2.15. The van der Waals surface area contributed by atoms with Gasteiger partial charge in [0.05, 0.1) is 33.9 Å². The molecule has 0 fully saturated rings. The Morgan fingerprint density at radius 1 is 1.09 bits per heavy atom. The van der Waals surface area contributed by atoms with Crippen molar-refractivity contribution in [2.24, 2.45) is 5.10 Å². The van der Waals surface area contributed by atoms with Crippen molar-refractivity contribution < 1.29 is 24.0 Å². The van der Waals surface area contributed by atoms with Gasteiger partial charge in [-0.25, -0.2) is 10.2 Å². The monoisotopic (exact) mass is 481 g/mol. The number of nitro benzene ring substituents is 1. The summed E-state index contributed by atoms with van der Waals surface area (Å²) in [7, 11) is 0. The van der Waals surface area contributed by atoms with Gasteiger partial charge >= 0.3 is 5.97 Å². The topological polar surface area (TPSA) is 120 Å². The largest absolute Gasteiger partial charge is 0.490 e. The molecule has 0 spiro atoms. The molecule has 0 aliphatic heterocycles. The van der Waals surface area contributed by atoms with Gasteiger partial charge in [-0.2, -0.15) is 5.10 Å². The minimum Gasteiger partial charge on any atom is -0.490 e. The quantitative estimate of drug-likeness (QED) is 0.160. The van der Waals surface area contributed by atoms with E-state index >= 15 is 0 Å². The highest BCUT2D eigenvalue weighted by Crippen LogP contribution is 2.29. The number of benzene rings is 3. The van der Waals surface area contributed by atoms with Gasteiger partial charge in [0.2, 0.25) is 0 Å². The summed E-state index contributed by atoms with van der Waals surface area (Å²) in [5, 5.41) is 15.0. The maximum atomic E-state index is 12.4. The van der Waals surface area contributed by atoms with E-state index in [1.165, 1.54) is 36.5 Å². The van der Waals surface area contributed by atoms with E-state index in [0.717, 1.165) is 5.56 Å². The molecule has 9 nitrogen and oxygen atoms in total. The summed E-state index contributed by atoms with van der Waals surface area (Å²) in [4.78, 5) is 34.9. The fourth-order valence-corrected chi connectivity index (χ4v) is 3.19. The van der Waals surface area contributed by atoms with Crippen LogP contribution in [0.2, 0.25) is 5.02 Å². The normalized spacial score (nSPS) is 10.7. The number of halogens is 1. The first-order valence-electron chi connectivity index (χ1n) is 10.1. The van der Waals surface area contributed by atoms with E-state index in [0.29, 0.717) is 22.8 Å². The summed E-state index contributed by atoms with van der Waals surface area (Å²) >= 11 is 6.10. The van der Waals surface area contributed by atoms with Crippen LogP contribution in [0.15, 0.2) is 65.8 Å². The summed E-state index contributed by atoms with van der Waals surface area (Å²) in [5.74, 6) is -0.702. The van der Waals surface area contributed by atoms with E-state index in [1.54, 1.807) is 37.3 Å². The van der Waals surface area contributed by atoms with E-state index in [9.17, 15) is 19.7 Å². The van der Waals surface area contributed by atoms with Crippen LogP contribution in [0.25, 0.3) is 0 Å². The zero-order chi connectivity index (χ0) is 24.7. The van der Waals surface area contributed by atoms with Crippen molar-refractivity contribution in [1.82, 2.24) is 5.43 Å². The molecule has 3 aromatic carbocycles. The summed E-state index contributed by atoms with van der Waals surface area (Å²) in [5.41, 5.74) is 4.24. The molecule has 1 N–H and O–H groups in total. The van der Waals surface area contributed by atoms with Crippen molar-refractivity contribution >= 4 is 35.4 Å². The average molecular weight is 482 g/mol. The van der Waals surface area contributed by atoms with E-state index < -0.39 is 16.8 Å². The molecule has 0 aliphatic rings. The Labute approximate surface area is 200 Å². The summed E-state index contributed by atoms with van der Waals surface area (Å²) in [6, 6.07) is 14.9. The molecule has 34 heavy (non-hydrogen) atoms. The SMILES string of the molecule is CCOc1cc(/C=N/NC(=O)c2ccc(C)cc2Cl)ccc1OC(=O)c1ccc([N+](=O)[O-])cc1. The maximum Gasteiger partial charge on any atom is 0.343 e. The molecule has 0 aliphatic carbocycles. The van der Waals surface area contributed by atoms with Crippen LogP contribution in [0.3, 0.4) is 0 Å². The smallest absolute Gasteiger partial charge is 0.343 e. The van der Waals surface area contributed by atoms with Crippen molar-refractivity contribution in [2.75, 3.05) is 6.61 Å². The Morgan fingerprint density at radius 2 is 1.82 bits per heavy atom. The van der Waals surface area contributed by atoms with Crippen LogP contribution in [0.4, 0.5) is 5.69 Å². The molecule has 1 amide bonds. The zero-order valence-corrected chi connectivity index (χ0v) is 19.0. The molecule has 10 heteroatoms. The van der Waals surface area contributed by atoms with Crippen LogP contribution >= 0.6 is 11.6 Å². The average Bonchev–Trinajstić information content (AvgIpc) is 2.80. The predicted molar refractivity (Wildman–Crippen MR) is 127 cm³/mol. The minimum absolute atomic E-state index is 0.132. The Kier molecular flexibility index (Phi) is 7.94. The Morgan fingerprint density at radius 3 is 2.47 bits per heavy atom. The van der Waals surface area contributed by atoms with E-state index in [-0.39, 0.29) is 22.7 Å². The highest BCUT2D eigenvalue weighted by molar-refractivity contribution is 6.33. The molecule has 0 saturated heterocycles. The number of nitro groups is 1. The van der Waals surface area contributed by atoms with Gasteiger partial charge in [0.15, 0.2) is 11.5 Å². The number of hydrogen-bond donors (Lipinski definition) is 1. The van der Waals surface area contributed by atoms with Gasteiger partial charge in [-0.3, -0.25) is 14.9 Å². The standard InChI is InChI=1S/C24H20ClN3O6/c1-3-33-22-13-16(14-26-27-23(29)19-10-4-15(2)12-20(19)25)5-11-21(22)34-24(30)17-6-8-18(9-7-17)28(31)32/h4-14H,3H2,1-2H3,(H,27,29)/b26-14+. The Bertz CT molecular complexity index is 1260. The predicted octanol–water partition coefficient (Wildman–Crippen LogP) is 4.94. The molecule has 0 bridgehead atoms. The van der Waals surface area contributed by atoms with Gasteiger partial charge in [0.1, 0.15) is 0 Å². The highest BCUT2D eigenvalue weighted by atomic mass is 35.5. The van der Waals surface area contributed by atoms with Gasteiger partial charge < -0.3 is 9.47 Å². The second-order valence-electron chi connectivity index (χ2n) is 7.02. The molecule has 3 rings (SSSR count). The number of esters is 1. The summed E-state index contributed by atoms with van der Waals surface area (Å²) in [6.45, 7) is 3.95. The second-order valence-corrected chi connectivity index (χ2v) is 7.42. The number of aryl methyl sites for hydroxylation is 1. The van der Waals surface area contributed by atoms with Crippen LogP contribution in [0.5, 0.6) is 11.5 Å². The number of nitrogens with one attached hydrogen (secondary N) is 1. The number of carbonyl (C=O) groups is 2. The number of non-ortho nitro benzene ring substituents is 1. The molecule has 0 saturated carbocycles. The van der Waals surface area contributed by atoms with Crippen LogP contribution in [-0.4, -0.2) is 29.6 Å². The van der Waals surface area contributed by atoms with Crippen LogP contribution < -0.4 is 14.9 Å². The molecule has 3 aromatic rings. The number of ether oxygens (including phenoxy) is 2. The van der Waals surface area contributed by atoms with Gasteiger partial charge in [0.25, 0.3) is 11.6 Å². The van der Waals surface area contributed by atoms with E-state index in [1.807, 2.05) is 6.92 Å². The van der Waals surface area contributed by atoms with Gasteiger partial charge in [-0.05, 0) is 67.4 Å². The number of carbonyl (C=O) groups excluding carboxylic acids is 2. The van der Waals surface area contributed by atoms with E-state index in [2.05, 4.69) is 10.5 Å². The van der Waals surface area contributed by atoms with Crippen LogP contribution in [0.1, 0.15) is 38.8 Å². The summed E-state index contributed by atoms with van der Waals surface area (Å²) < 4.78 is 11.0. The third-order valence-corrected chi connectivity index (χ3v) is 4.85. The van der Waals surface area contributed by atoms with Gasteiger partial charge in [0, 0.05) is 12.1 Å². The molecule has 0 atom stereocenters. The number of rotatable bonds is 8. The van der Waals surface area contributed by atoms with Crippen LogP contribution in [0, 0.1) is 17.0 Å². The third kappa shape index (κ3) is 6.17. The lowest BCUT2D eigenvalue weighted by Gasteiger charge is -2.11. The minimum atomic E-state index is -0.695. The van der Waals surface area contributed by atoms with Crippen molar-refractivity contribution in [1.29, 1.82) is 0 Å². The number of hydrogen-bond acceptors (Lipinski definition) is 7. The van der Waals surface area contributed by atoms with E-state index in [4.69, 9.17) is 21.1 Å². The molecular weight excluding hydrogens is 462 g/mol. The fraction of sp³-hybridized carbons (Fsp3) is 0.125. The lowest BCUT2D eigenvalue weighted by Crippen LogP contribution is -2.18. The number of amides is 1. The Balaban J connectivity index is 1.71.